The zero-order valence-corrected chi connectivity index (χ0v) is 11.2. The van der Waals surface area contributed by atoms with Gasteiger partial charge >= 0.3 is 0 Å². The number of hydrogen-bond donors (Lipinski definition) is 2. The minimum atomic E-state index is -0.208. The third kappa shape index (κ3) is 2.93. The predicted molar refractivity (Wildman–Crippen MR) is 73.4 cm³/mol. The SMILES string of the molecule is Cc1cc(O)ccc1C(=O)Nc1cnn(C(C)C)c1. The summed E-state index contributed by atoms with van der Waals surface area (Å²) >= 11 is 0. The standard InChI is InChI=1S/C14H17N3O2/c1-9(2)17-8-11(7-15-17)16-14(19)13-5-4-12(18)6-10(13)3/h4-9,18H,1-3H3,(H,16,19). The number of nitrogens with one attached hydrogen (secondary N) is 1. The quantitative estimate of drug-likeness (QED) is 0.890. The van der Waals surface area contributed by atoms with E-state index in [9.17, 15) is 9.90 Å². The van der Waals surface area contributed by atoms with Crippen molar-refractivity contribution in [1.82, 2.24) is 9.78 Å². The zero-order chi connectivity index (χ0) is 14.0. The molecule has 2 N–H and O–H groups in total. The summed E-state index contributed by atoms with van der Waals surface area (Å²) in [5, 5.41) is 16.3. The van der Waals surface area contributed by atoms with Crippen LogP contribution in [0, 0.1) is 6.92 Å². The van der Waals surface area contributed by atoms with Crippen molar-refractivity contribution in [2.45, 2.75) is 26.8 Å². The first-order valence-corrected chi connectivity index (χ1v) is 6.12. The predicted octanol–water partition coefficient (Wildman–Crippen LogP) is 2.73. The van der Waals surface area contributed by atoms with Crippen molar-refractivity contribution < 1.29 is 9.90 Å². The molecule has 0 saturated carbocycles. The molecule has 0 atom stereocenters. The summed E-state index contributed by atoms with van der Waals surface area (Å²) in [6, 6.07) is 4.92. The van der Waals surface area contributed by atoms with Gasteiger partial charge in [-0.15, -0.1) is 0 Å². The van der Waals surface area contributed by atoms with Crippen LogP contribution in [-0.2, 0) is 0 Å². The molecular formula is C14H17N3O2. The second kappa shape index (κ2) is 5.14. The van der Waals surface area contributed by atoms with E-state index in [2.05, 4.69) is 10.4 Å². The molecule has 5 heteroatoms. The smallest absolute Gasteiger partial charge is 0.256 e. The average molecular weight is 259 g/mol. The Bertz CT molecular complexity index is 602. The number of carbonyl (C=O) groups excluding carboxylic acids is 1. The first-order chi connectivity index (χ1) is 8.97. The Morgan fingerprint density at radius 3 is 2.74 bits per heavy atom. The maximum absolute atomic E-state index is 12.1. The van der Waals surface area contributed by atoms with Crippen LogP contribution >= 0.6 is 0 Å². The van der Waals surface area contributed by atoms with E-state index in [-0.39, 0.29) is 17.7 Å². The summed E-state index contributed by atoms with van der Waals surface area (Å²) < 4.78 is 1.78. The van der Waals surface area contributed by atoms with Gasteiger partial charge in [0.2, 0.25) is 0 Å². The monoisotopic (exact) mass is 259 g/mol. The van der Waals surface area contributed by atoms with E-state index in [0.29, 0.717) is 11.3 Å². The summed E-state index contributed by atoms with van der Waals surface area (Å²) in [6.45, 7) is 5.82. The van der Waals surface area contributed by atoms with Crippen LogP contribution in [0.2, 0.25) is 0 Å². The Morgan fingerprint density at radius 2 is 2.16 bits per heavy atom. The van der Waals surface area contributed by atoms with Crippen LogP contribution in [-0.4, -0.2) is 20.8 Å². The van der Waals surface area contributed by atoms with Crippen molar-refractivity contribution in [2.75, 3.05) is 5.32 Å². The van der Waals surface area contributed by atoms with Gasteiger partial charge in [0.25, 0.3) is 5.91 Å². The van der Waals surface area contributed by atoms with Gasteiger partial charge in [-0.3, -0.25) is 9.48 Å². The minimum absolute atomic E-state index is 0.154. The van der Waals surface area contributed by atoms with Crippen molar-refractivity contribution in [3.05, 3.63) is 41.7 Å². The van der Waals surface area contributed by atoms with Crippen LogP contribution < -0.4 is 5.32 Å². The van der Waals surface area contributed by atoms with E-state index in [1.165, 1.54) is 6.07 Å². The highest BCUT2D eigenvalue weighted by Gasteiger charge is 2.11. The van der Waals surface area contributed by atoms with Crippen LogP contribution in [0.1, 0.15) is 35.8 Å². The molecule has 0 aliphatic heterocycles. The molecule has 1 aromatic heterocycles. The largest absolute Gasteiger partial charge is 0.508 e. The molecule has 0 aliphatic carbocycles. The normalized spacial score (nSPS) is 10.7. The minimum Gasteiger partial charge on any atom is -0.508 e. The van der Waals surface area contributed by atoms with E-state index < -0.39 is 0 Å². The van der Waals surface area contributed by atoms with Crippen LogP contribution in [0.4, 0.5) is 5.69 Å². The fraction of sp³-hybridized carbons (Fsp3) is 0.286. The number of nitrogens with zero attached hydrogens (tertiary/aromatic N) is 2. The fourth-order valence-corrected chi connectivity index (χ4v) is 1.79. The number of carbonyl (C=O) groups is 1. The Balaban J connectivity index is 2.16. The molecule has 0 unspecified atom stereocenters. The number of rotatable bonds is 3. The summed E-state index contributed by atoms with van der Waals surface area (Å²) in [7, 11) is 0. The van der Waals surface area contributed by atoms with Gasteiger partial charge < -0.3 is 10.4 Å². The highest BCUT2D eigenvalue weighted by molar-refractivity contribution is 6.05. The molecule has 0 fully saturated rings. The molecule has 1 amide bonds. The van der Waals surface area contributed by atoms with E-state index in [0.717, 1.165) is 5.56 Å². The van der Waals surface area contributed by atoms with E-state index in [4.69, 9.17) is 0 Å². The molecule has 0 aliphatic rings. The number of aromatic hydroxyl groups is 1. The molecule has 0 radical (unpaired) electrons. The Labute approximate surface area is 111 Å². The summed E-state index contributed by atoms with van der Waals surface area (Å²) in [5.41, 5.74) is 1.93. The van der Waals surface area contributed by atoms with Crippen molar-refractivity contribution in [3.63, 3.8) is 0 Å². The molecule has 0 spiro atoms. The number of aromatic nitrogens is 2. The Kier molecular flexibility index (Phi) is 3.55. The number of amides is 1. The van der Waals surface area contributed by atoms with Gasteiger partial charge in [0.05, 0.1) is 11.9 Å². The molecule has 0 saturated heterocycles. The average Bonchev–Trinajstić information content (AvgIpc) is 2.77. The van der Waals surface area contributed by atoms with Crippen molar-refractivity contribution in [1.29, 1.82) is 0 Å². The summed E-state index contributed by atoms with van der Waals surface area (Å²) in [5.74, 6) is -0.0533. The lowest BCUT2D eigenvalue weighted by atomic mass is 10.1. The van der Waals surface area contributed by atoms with Crippen LogP contribution in [0.25, 0.3) is 0 Å². The van der Waals surface area contributed by atoms with Crippen LogP contribution in [0.5, 0.6) is 5.75 Å². The molecule has 5 nitrogen and oxygen atoms in total. The van der Waals surface area contributed by atoms with E-state index in [1.54, 1.807) is 36.1 Å². The molecule has 1 heterocycles. The van der Waals surface area contributed by atoms with Crippen LogP contribution in [0.3, 0.4) is 0 Å². The fourth-order valence-electron chi connectivity index (χ4n) is 1.79. The van der Waals surface area contributed by atoms with Gasteiger partial charge in [0, 0.05) is 17.8 Å². The maximum atomic E-state index is 12.1. The van der Waals surface area contributed by atoms with Crippen molar-refractivity contribution in [3.8, 4) is 5.75 Å². The van der Waals surface area contributed by atoms with Gasteiger partial charge in [0.1, 0.15) is 5.75 Å². The van der Waals surface area contributed by atoms with E-state index >= 15 is 0 Å². The van der Waals surface area contributed by atoms with Gasteiger partial charge in [-0.1, -0.05) is 0 Å². The highest BCUT2D eigenvalue weighted by Crippen LogP contribution is 2.17. The lowest BCUT2D eigenvalue weighted by Crippen LogP contribution is -2.12. The summed E-state index contributed by atoms with van der Waals surface area (Å²) in [6.07, 6.45) is 3.41. The number of anilines is 1. The first-order valence-electron chi connectivity index (χ1n) is 6.12. The van der Waals surface area contributed by atoms with Gasteiger partial charge in [-0.05, 0) is 44.5 Å². The Hall–Kier alpha value is -2.30. The molecule has 2 rings (SSSR count). The van der Waals surface area contributed by atoms with E-state index in [1.807, 2.05) is 13.8 Å². The van der Waals surface area contributed by atoms with Gasteiger partial charge in [-0.2, -0.15) is 5.10 Å². The number of phenols is 1. The molecule has 100 valence electrons. The molecular weight excluding hydrogens is 242 g/mol. The lowest BCUT2D eigenvalue weighted by molar-refractivity contribution is 0.102. The van der Waals surface area contributed by atoms with Gasteiger partial charge in [0.15, 0.2) is 0 Å². The molecule has 0 bridgehead atoms. The Morgan fingerprint density at radius 1 is 1.42 bits per heavy atom. The third-order valence-corrected chi connectivity index (χ3v) is 2.84. The number of aryl methyl sites for hydroxylation is 1. The number of phenolic OH excluding ortho intramolecular Hbond substituents is 1. The van der Waals surface area contributed by atoms with Crippen molar-refractivity contribution >= 4 is 11.6 Å². The second-order valence-electron chi connectivity index (χ2n) is 4.76. The van der Waals surface area contributed by atoms with Gasteiger partial charge in [-0.25, -0.2) is 0 Å². The number of hydrogen-bond acceptors (Lipinski definition) is 3. The molecule has 19 heavy (non-hydrogen) atoms. The molecule has 1 aromatic carbocycles. The van der Waals surface area contributed by atoms with Crippen LogP contribution in [0.15, 0.2) is 30.6 Å². The maximum Gasteiger partial charge on any atom is 0.256 e. The highest BCUT2D eigenvalue weighted by atomic mass is 16.3. The lowest BCUT2D eigenvalue weighted by Gasteiger charge is -2.06. The second-order valence-corrected chi connectivity index (χ2v) is 4.76. The number of benzene rings is 1. The van der Waals surface area contributed by atoms with Crippen molar-refractivity contribution in [2.24, 2.45) is 0 Å². The third-order valence-electron chi connectivity index (χ3n) is 2.84. The topological polar surface area (TPSA) is 67.2 Å². The molecule has 2 aromatic rings. The first kappa shape index (κ1) is 13.1. The zero-order valence-electron chi connectivity index (χ0n) is 11.2. The summed E-state index contributed by atoms with van der Waals surface area (Å²) in [4.78, 5) is 12.1.